The molecular formula is C21H24B2N2O6. The molecule has 0 saturated heterocycles. The number of carbonyl (C=O) groups is 2. The molecule has 0 aromatic heterocycles. The number of nitrogens with one attached hydrogen (secondary N) is 2. The molecule has 0 spiro atoms. The van der Waals surface area contributed by atoms with Crippen LogP contribution in [-0.2, 0) is 22.5 Å². The third-order valence-corrected chi connectivity index (χ3v) is 5.62. The lowest BCUT2D eigenvalue weighted by Crippen LogP contribution is -2.43. The van der Waals surface area contributed by atoms with Gasteiger partial charge in [-0.05, 0) is 52.7 Å². The summed E-state index contributed by atoms with van der Waals surface area (Å²) >= 11 is 0. The number of amides is 2. The zero-order chi connectivity index (χ0) is 22.0. The van der Waals surface area contributed by atoms with Crippen molar-refractivity contribution in [3.05, 3.63) is 58.7 Å². The van der Waals surface area contributed by atoms with Gasteiger partial charge in [-0.1, -0.05) is 25.5 Å². The van der Waals surface area contributed by atoms with E-state index in [4.69, 9.17) is 9.31 Å². The molecule has 2 amide bonds. The first kappa shape index (κ1) is 21.6. The fourth-order valence-electron chi connectivity index (χ4n) is 3.90. The van der Waals surface area contributed by atoms with Crippen molar-refractivity contribution in [1.29, 1.82) is 0 Å². The second-order valence-corrected chi connectivity index (χ2v) is 7.82. The van der Waals surface area contributed by atoms with Gasteiger partial charge in [0.2, 0.25) is 0 Å². The van der Waals surface area contributed by atoms with Crippen LogP contribution in [-0.4, -0.2) is 48.7 Å². The van der Waals surface area contributed by atoms with Gasteiger partial charge >= 0.3 is 14.2 Å². The van der Waals surface area contributed by atoms with Crippen LogP contribution in [0.1, 0.15) is 51.6 Å². The Kier molecular flexibility index (Phi) is 6.43. The lowest BCUT2D eigenvalue weighted by atomic mass is 9.79. The number of hydrogen-bond acceptors (Lipinski definition) is 6. The minimum atomic E-state index is -0.941. The van der Waals surface area contributed by atoms with Crippen molar-refractivity contribution < 1.29 is 28.9 Å². The van der Waals surface area contributed by atoms with Crippen LogP contribution in [0.25, 0.3) is 0 Å². The number of fused-ring (bicyclic) bond motifs is 2. The quantitative estimate of drug-likeness (QED) is 0.445. The van der Waals surface area contributed by atoms with E-state index < -0.39 is 14.2 Å². The summed E-state index contributed by atoms with van der Waals surface area (Å²) in [7, 11) is -1.88. The van der Waals surface area contributed by atoms with Gasteiger partial charge in [0.05, 0.1) is 13.2 Å². The van der Waals surface area contributed by atoms with Crippen LogP contribution >= 0.6 is 0 Å². The standard InChI is InChI=1S/C21H24B2N2O6/c1-2-3-17(25-21(27)14-5-7-19-16(9-14)12-31-23(19)29)10-24-20(26)13-4-6-18-15(8-13)11-30-22(18)28/h4-9,17,28-29H,2-3,10-12H2,1H3,(H,24,26)(H,25,27). The fraction of sp³-hybridized carbons (Fsp3) is 0.333. The SMILES string of the molecule is CCCC(CNC(=O)c1ccc2c(c1)COB2O)NC(=O)c1ccc2c(c1)COB2O. The molecule has 0 fully saturated rings. The zero-order valence-electron chi connectivity index (χ0n) is 17.3. The maximum Gasteiger partial charge on any atom is 0.491 e. The Hall–Kier alpha value is -2.65. The van der Waals surface area contributed by atoms with Gasteiger partial charge in [0, 0.05) is 23.7 Å². The Morgan fingerprint density at radius 3 is 2.06 bits per heavy atom. The van der Waals surface area contributed by atoms with Gasteiger partial charge in [-0.25, -0.2) is 0 Å². The first-order valence-electron chi connectivity index (χ1n) is 10.4. The van der Waals surface area contributed by atoms with Crippen LogP contribution < -0.4 is 21.6 Å². The van der Waals surface area contributed by atoms with E-state index in [0.717, 1.165) is 17.5 Å². The third kappa shape index (κ3) is 4.67. The lowest BCUT2D eigenvalue weighted by Gasteiger charge is -2.19. The van der Waals surface area contributed by atoms with Gasteiger partial charge in [0.1, 0.15) is 0 Å². The number of rotatable bonds is 7. The summed E-state index contributed by atoms with van der Waals surface area (Å²) in [4.78, 5) is 25.3. The maximum absolute atomic E-state index is 12.7. The Morgan fingerprint density at radius 2 is 1.52 bits per heavy atom. The highest BCUT2D eigenvalue weighted by Crippen LogP contribution is 2.13. The zero-order valence-corrected chi connectivity index (χ0v) is 17.3. The predicted molar refractivity (Wildman–Crippen MR) is 116 cm³/mol. The van der Waals surface area contributed by atoms with Crippen LogP contribution in [0, 0.1) is 0 Å². The molecule has 2 heterocycles. The van der Waals surface area contributed by atoms with Crippen molar-refractivity contribution in [2.75, 3.05) is 6.54 Å². The molecule has 2 aromatic rings. The molecule has 160 valence electrons. The highest BCUT2D eigenvalue weighted by molar-refractivity contribution is 6.62. The average Bonchev–Trinajstić information content (AvgIpc) is 3.33. The van der Waals surface area contributed by atoms with Crippen LogP contribution in [0.15, 0.2) is 36.4 Å². The largest absolute Gasteiger partial charge is 0.491 e. The molecule has 10 heteroatoms. The summed E-state index contributed by atoms with van der Waals surface area (Å²) in [5, 5.41) is 25.3. The minimum Gasteiger partial charge on any atom is -0.423 e. The number of carbonyl (C=O) groups excluding carboxylic acids is 2. The molecular weight excluding hydrogens is 398 g/mol. The Morgan fingerprint density at radius 1 is 0.968 bits per heavy atom. The molecule has 1 atom stereocenters. The van der Waals surface area contributed by atoms with Gasteiger partial charge in [-0.15, -0.1) is 0 Å². The molecule has 1 unspecified atom stereocenters. The molecule has 0 aliphatic carbocycles. The van der Waals surface area contributed by atoms with Crippen LogP contribution in [0.3, 0.4) is 0 Å². The summed E-state index contributed by atoms with van der Waals surface area (Å²) in [6.45, 7) is 2.85. The highest BCUT2D eigenvalue weighted by atomic mass is 16.5. The summed E-state index contributed by atoms with van der Waals surface area (Å²) in [6, 6.07) is 9.93. The Bertz CT molecular complexity index is 1000. The molecule has 2 aliphatic rings. The smallest absolute Gasteiger partial charge is 0.423 e. The summed E-state index contributed by atoms with van der Waals surface area (Å²) in [5.41, 5.74) is 3.92. The summed E-state index contributed by atoms with van der Waals surface area (Å²) < 4.78 is 10.3. The topological polar surface area (TPSA) is 117 Å². The molecule has 2 aromatic carbocycles. The molecule has 0 radical (unpaired) electrons. The highest BCUT2D eigenvalue weighted by Gasteiger charge is 2.29. The van der Waals surface area contributed by atoms with E-state index in [1.165, 1.54) is 0 Å². The van der Waals surface area contributed by atoms with Crippen molar-refractivity contribution in [1.82, 2.24) is 10.6 Å². The van der Waals surface area contributed by atoms with E-state index in [-0.39, 0.29) is 31.1 Å². The van der Waals surface area contributed by atoms with E-state index in [9.17, 15) is 19.6 Å². The van der Waals surface area contributed by atoms with Gasteiger partial charge in [-0.3, -0.25) is 9.59 Å². The van der Waals surface area contributed by atoms with Crippen LogP contribution in [0.2, 0.25) is 0 Å². The maximum atomic E-state index is 12.7. The average molecular weight is 422 g/mol. The normalized spacial score (nSPS) is 15.5. The second kappa shape index (κ2) is 9.23. The van der Waals surface area contributed by atoms with Gasteiger partial charge in [-0.2, -0.15) is 0 Å². The van der Waals surface area contributed by atoms with E-state index in [2.05, 4.69) is 10.6 Å². The van der Waals surface area contributed by atoms with Crippen molar-refractivity contribution >= 4 is 37.0 Å². The van der Waals surface area contributed by atoms with E-state index in [1.54, 1.807) is 36.4 Å². The third-order valence-electron chi connectivity index (χ3n) is 5.62. The van der Waals surface area contributed by atoms with Crippen molar-refractivity contribution in [2.45, 2.75) is 39.0 Å². The Balaban J connectivity index is 1.37. The molecule has 4 N–H and O–H groups in total. The molecule has 2 aliphatic heterocycles. The molecule has 0 saturated carbocycles. The monoisotopic (exact) mass is 422 g/mol. The van der Waals surface area contributed by atoms with Gasteiger partial charge < -0.3 is 30.0 Å². The van der Waals surface area contributed by atoms with E-state index in [1.807, 2.05) is 6.92 Å². The summed E-state index contributed by atoms with van der Waals surface area (Å²) in [6.07, 6.45) is 1.56. The molecule has 8 nitrogen and oxygen atoms in total. The minimum absolute atomic E-state index is 0.226. The Labute approximate surface area is 181 Å². The van der Waals surface area contributed by atoms with Crippen molar-refractivity contribution in [2.24, 2.45) is 0 Å². The van der Waals surface area contributed by atoms with Crippen LogP contribution in [0.5, 0.6) is 0 Å². The predicted octanol–water partition coefficient (Wildman–Crippen LogP) is -0.549. The van der Waals surface area contributed by atoms with Gasteiger partial charge in [0.15, 0.2) is 0 Å². The molecule has 0 bridgehead atoms. The fourth-order valence-corrected chi connectivity index (χ4v) is 3.90. The number of benzene rings is 2. The van der Waals surface area contributed by atoms with Gasteiger partial charge in [0.25, 0.3) is 11.8 Å². The molecule has 4 rings (SSSR count). The van der Waals surface area contributed by atoms with E-state index >= 15 is 0 Å². The van der Waals surface area contributed by atoms with Crippen molar-refractivity contribution in [3.8, 4) is 0 Å². The molecule has 31 heavy (non-hydrogen) atoms. The number of hydrogen-bond donors (Lipinski definition) is 4. The lowest BCUT2D eigenvalue weighted by molar-refractivity contribution is 0.0906. The van der Waals surface area contributed by atoms with Crippen molar-refractivity contribution in [3.63, 3.8) is 0 Å². The first-order valence-corrected chi connectivity index (χ1v) is 10.4. The first-order chi connectivity index (χ1) is 15.0. The second-order valence-electron chi connectivity index (χ2n) is 7.82. The summed E-state index contributed by atoms with van der Waals surface area (Å²) in [5.74, 6) is -0.483. The van der Waals surface area contributed by atoms with Crippen LogP contribution in [0.4, 0.5) is 0 Å². The van der Waals surface area contributed by atoms with E-state index in [0.29, 0.717) is 35.0 Å².